The Bertz CT molecular complexity index is 1600. The third-order valence-corrected chi connectivity index (χ3v) is 7.43. The summed E-state index contributed by atoms with van der Waals surface area (Å²) in [6.07, 6.45) is 3.40. The number of aryl methyl sites for hydroxylation is 1. The Morgan fingerprint density at radius 2 is 1.69 bits per heavy atom. The van der Waals surface area contributed by atoms with Crippen LogP contribution in [0.2, 0.25) is 0 Å². The van der Waals surface area contributed by atoms with Gasteiger partial charge in [-0.1, -0.05) is 12.1 Å². The molecule has 2 unspecified atom stereocenters. The Morgan fingerprint density at radius 3 is 2.28 bits per heavy atom. The number of aromatic nitrogens is 7. The quantitative estimate of drug-likeness (QED) is 0.304. The van der Waals surface area contributed by atoms with Crippen LogP contribution in [0.15, 0.2) is 43.0 Å². The predicted molar refractivity (Wildman–Crippen MR) is 139 cm³/mol. The molecule has 2 atom stereocenters. The second-order valence-corrected chi connectivity index (χ2v) is 10.3. The molecule has 0 amide bonds. The van der Waals surface area contributed by atoms with Crippen molar-refractivity contribution >= 4 is 16.0 Å². The smallest absolute Gasteiger partial charge is 0.245 e. The molecule has 14 nitrogen and oxygen atoms in total. The molecule has 3 heterocycles. The van der Waals surface area contributed by atoms with Crippen molar-refractivity contribution in [3.05, 3.63) is 59.9 Å². The van der Waals surface area contributed by atoms with Crippen molar-refractivity contribution in [2.75, 3.05) is 26.1 Å². The van der Waals surface area contributed by atoms with Gasteiger partial charge in [0.25, 0.3) is 0 Å². The van der Waals surface area contributed by atoms with Crippen LogP contribution in [0.3, 0.4) is 0 Å². The molecular formula is C24H25N9O5S. The van der Waals surface area contributed by atoms with Gasteiger partial charge in [-0.25, -0.2) is 18.4 Å². The summed E-state index contributed by atoms with van der Waals surface area (Å²) in [6.45, 7) is 3.28. The number of anilines is 1. The molecule has 0 radical (unpaired) electrons. The molecule has 0 spiro atoms. The van der Waals surface area contributed by atoms with Gasteiger partial charge < -0.3 is 14.2 Å². The summed E-state index contributed by atoms with van der Waals surface area (Å²) in [6, 6.07) is 8.64. The molecule has 0 aliphatic heterocycles. The van der Waals surface area contributed by atoms with E-state index in [-0.39, 0.29) is 35.0 Å². The van der Waals surface area contributed by atoms with Crippen molar-refractivity contribution in [1.29, 1.82) is 5.26 Å². The maximum absolute atomic E-state index is 13.6. The Hall–Kier alpha value is -4.68. The lowest BCUT2D eigenvalue weighted by atomic mass is 10.1. The Balaban J connectivity index is 1.86. The van der Waals surface area contributed by atoms with Gasteiger partial charge in [0.15, 0.2) is 17.3 Å². The summed E-state index contributed by atoms with van der Waals surface area (Å²) in [7, 11) is -0.0303. The van der Waals surface area contributed by atoms with E-state index < -0.39 is 21.4 Å². The monoisotopic (exact) mass is 551 g/mol. The highest BCUT2D eigenvalue weighted by Crippen LogP contribution is 2.36. The highest BCUT2D eigenvalue weighted by atomic mass is 32.2. The lowest BCUT2D eigenvalue weighted by Gasteiger charge is -2.22. The van der Waals surface area contributed by atoms with Crippen LogP contribution in [-0.2, 0) is 14.8 Å². The van der Waals surface area contributed by atoms with E-state index in [0.717, 1.165) is 5.56 Å². The van der Waals surface area contributed by atoms with Crippen molar-refractivity contribution in [3.63, 3.8) is 0 Å². The molecular weight excluding hydrogens is 526 g/mol. The van der Waals surface area contributed by atoms with Gasteiger partial charge in [-0.15, -0.1) is 10.2 Å². The molecule has 4 rings (SSSR count). The van der Waals surface area contributed by atoms with Crippen molar-refractivity contribution in [1.82, 2.24) is 34.7 Å². The molecule has 0 fully saturated rings. The summed E-state index contributed by atoms with van der Waals surface area (Å²) < 4.78 is 47.4. The largest absolute Gasteiger partial charge is 0.479 e. The van der Waals surface area contributed by atoms with Gasteiger partial charge in [-0.2, -0.15) is 15.2 Å². The maximum Gasteiger partial charge on any atom is 0.245 e. The van der Waals surface area contributed by atoms with E-state index in [1.807, 2.05) is 6.92 Å². The molecule has 0 saturated carbocycles. The molecule has 1 N–H and O–H groups in total. The number of hydrogen-bond acceptors (Lipinski definition) is 12. The van der Waals surface area contributed by atoms with E-state index in [4.69, 9.17) is 14.2 Å². The van der Waals surface area contributed by atoms with E-state index in [9.17, 15) is 13.7 Å². The van der Waals surface area contributed by atoms with E-state index in [0.29, 0.717) is 11.1 Å². The van der Waals surface area contributed by atoms with Crippen LogP contribution >= 0.6 is 0 Å². The van der Waals surface area contributed by atoms with Gasteiger partial charge in [0.05, 0.1) is 25.9 Å². The first kappa shape index (κ1) is 27.4. The molecule has 3 aromatic heterocycles. The highest BCUT2D eigenvalue weighted by Gasteiger charge is 2.35. The van der Waals surface area contributed by atoms with Gasteiger partial charge in [-0.3, -0.25) is 9.29 Å². The zero-order valence-electron chi connectivity index (χ0n) is 21.7. The van der Waals surface area contributed by atoms with Crippen LogP contribution in [0.4, 0.5) is 5.95 Å². The zero-order valence-corrected chi connectivity index (χ0v) is 22.5. The predicted octanol–water partition coefficient (Wildman–Crippen LogP) is 2.23. The zero-order chi connectivity index (χ0) is 28.2. The Labute approximate surface area is 224 Å². The number of hydrogen-bond donors (Lipinski definition) is 1. The van der Waals surface area contributed by atoms with Crippen molar-refractivity contribution in [2.24, 2.45) is 0 Å². The standard InChI is InChI=1S/C24H25N9O5S/c1-14-11-26-20(27-12-14)19(36-3)15(2)39(34,35)32-24-31-30-21(17-8-6-7-16(9-17)10-25)33(24)18-22(37-4)28-13-29-23(18)38-5/h6-9,11-13,15,19H,1-5H3,(H,31,32). The van der Waals surface area contributed by atoms with E-state index >= 15 is 0 Å². The first-order valence-electron chi connectivity index (χ1n) is 11.5. The number of rotatable bonds is 10. The molecule has 0 aliphatic rings. The minimum atomic E-state index is -4.19. The van der Waals surface area contributed by atoms with Gasteiger partial charge in [-0.05, 0) is 31.5 Å². The first-order valence-corrected chi connectivity index (χ1v) is 13.0. The average Bonchev–Trinajstić information content (AvgIpc) is 3.35. The molecule has 15 heteroatoms. The van der Waals surface area contributed by atoms with Crippen molar-refractivity contribution in [3.8, 4) is 34.9 Å². The average molecular weight is 552 g/mol. The SMILES string of the molecule is COc1ncnc(OC)c1-n1c(NS(=O)(=O)C(C)C(OC)c2ncc(C)cn2)nnc1-c1cccc(C#N)c1. The fraction of sp³-hybridized carbons (Fsp3) is 0.292. The third kappa shape index (κ3) is 5.47. The minimum absolute atomic E-state index is 0.0654. The first-order chi connectivity index (χ1) is 18.7. The van der Waals surface area contributed by atoms with E-state index in [2.05, 4.69) is 40.9 Å². The fourth-order valence-corrected chi connectivity index (χ4v) is 4.88. The summed E-state index contributed by atoms with van der Waals surface area (Å²) in [5, 5.41) is 16.6. The number of benzene rings is 1. The lowest BCUT2D eigenvalue weighted by Crippen LogP contribution is -2.33. The van der Waals surface area contributed by atoms with Crippen LogP contribution in [0, 0.1) is 18.3 Å². The molecule has 0 saturated heterocycles. The fourth-order valence-electron chi connectivity index (χ4n) is 3.75. The molecule has 202 valence electrons. The number of sulfonamides is 1. The van der Waals surface area contributed by atoms with Crippen molar-refractivity contribution < 1.29 is 22.6 Å². The highest BCUT2D eigenvalue weighted by molar-refractivity contribution is 7.93. The molecule has 0 aliphatic carbocycles. The normalized spacial score (nSPS) is 12.8. The van der Waals surface area contributed by atoms with Gasteiger partial charge in [0, 0.05) is 25.1 Å². The van der Waals surface area contributed by atoms with Gasteiger partial charge in [0.1, 0.15) is 17.7 Å². The topological polar surface area (TPSA) is 180 Å². The number of nitrogens with one attached hydrogen (secondary N) is 1. The number of nitrogens with zero attached hydrogens (tertiary/aromatic N) is 8. The van der Waals surface area contributed by atoms with Gasteiger partial charge in [0.2, 0.25) is 27.7 Å². The van der Waals surface area contributed by atoms with Crippen LogP contribution in [0.1, 0.15) is 30.0 Å². The maximum atomic E-state index is 13.6. The van der Waals surface area contributed by atoms with E-state index in [1.165, 1.54) is 39.1 Å². The van der Waals surface area contributed by atoms with Crippen LogP contribution in [0.25, 0.3) is 17.1 Å². The third-order valence-electron chi connectivity index (χ3n) is 5.74. The number of nitriles is 1. The van der Waals surface area contributed by atoms with Crippen molar-refractivity contribution in [2.45, 2.75) is 25.2 Å². The molecule has 39 heavy (non-hydrogen) atoms. The summed E-state index contributed by atoms with van der Waals surface area (Å²) in [4.78, 5) is 16.7. The van der Waals surface area contributed by atoms with Crippen LogP contribution in [-0.4, -0.2) is 69.7 Å². The van der Waals surface area contributed by atoms with Crippen LogP contribution < -0.4 is 14.2 Å². The Kier molecular flexibility index (Phi) is 7.98. The number of ether oxygens (including phenoxy) is 3. The molecule has 4 aromatic rings. The summed E-state index contributed by atoms with van der Waals surface area (Å²) in [5.41, 5.74) is 1.79. The van der Waals surface area contributed by atoms with Crippen LogP contribution in [0.5, 0.6) is 11.8 Å². The molecule has 1 aromatic carbocycles. The number of methoxy groups -OCH3 is 3. The summed E-state index contributed by atoms with van der Waals surface area (Å²) in [5.74, 6) is 0.307. The second-order valence-electron chi connectivity index (χ2n) is 8.24. The second kappa shape index (κ2) is 11.4. The lowest BCUT2D eigenvalue weighted by molar-refractivity contribution is 0.0949. The minimum Gasteiger partial charge on any atom is -0.479 e. The van der Waals surface area contributed by atoms with E-state index in [1.54, 1.807) is 36.7 Å². The molecule has 0 bridgehead atoms. The summed E-state index contributed by atoms with van der Waals surface area (Å²) >= 11 is 0. The Morgan fingerprint density at radius 1 is 1.03 bits per heavy atom. The van der Waals surface area contributed by atoms with Gasteiger partial charge >= 0.3 is 0 Å².